The molecule has 1 N–H and O–H groups in total. The normalized spacial score (nSPS) is 11.6. The summed E-state index contributed by atoms with van der Waals surface area (Å²) in [5, 5.41) is 4.55. The first-order valence-corrected chi connectivity index (χ1v) is 9.04. The summed E-state index contributed by atoms with van der Waals surface area (Å²) in [5.74, 6) is 1.47. The van der Waals surface area contributed by atoms with Gasteiger partial charge < -0.3 is 0 Å². The Balaban J connectivity index is 1.86. The summed E-state index contributed by atoms with van der Waals surface area (Å²) < 4.78 is 3.83. The molecule has 28 heavy (non-hydrogen) atoms. The van der Waals surface area contributed by atoms with E-state index >= 15 is 0 Å². The molecule has 0 saturated carbocycles. The van der Waals surface area contributed by atoms with Crippen molar-refractivity contribution in [2.75, 3.05) is 0 Å². The van der Waals surface area contributed by atoms with Gasteiger partial charge in [-0.05, 0) is 10.8 Å². The molecule has 0 radical (unpaired) electrons. The van der Waals surface area contributed by atoms with Gasteiger partial charge >= 0.3 is 5.82 Å². The van der Waals surface area contributed by atoms with E-state index in [-0.39, 0.29) is 0 Å². The first kappa shape index (κ1) is 15.0. The van der Waals surface area contributed by atoms with Crippen LogP contribution in [0.4, 0.5) is 0 Å². The van der Waals surface area contributed by atoms with Crippen LogP contribution < -0.4 is 4.57 Å². The van der Waals surface area contributed by atoms with Gasteiger partial charge in [0.25, 0.3) is 0 Å². The van der Waals surface area contributed by atoms with Crippen molar-refractivity contribution in [1.29, 1.82) is 0 Å². The Hall–Kier alpha value is -4.06. The van der Waals surface area contributed by atoms with Crippen molar-refractivity contribution in [2.24, 2.45) is 0 Å². The van der Waals surface area contributed by atoms with Gasteiger partial charge in [-0.25, -0.2) is 14.5 Å². The number of fused-ring (bicyclic) bond motifs is 6. The minimum atomic E-state index is 0.732. The quantitative estimate of drug-likeness (QED) is 0.377. The van der Waals surface area contributed by atoms with E-state index in [1.165, 1.54) is 10.8 Å². The third-order valence-electron chi connectivity index (χ3n) is 5.05. The molecular weight excluding hydrogens is 348 g/mol. The second kappa shape index (κ2) is 5.72. The Bertz CT molecular complexity index is 1340. The molecule has 6 nitrogen and oxygen atoms in total. The van der Waals surface area contributed by atoms with E-state index in [0.717, 1.165) is 33.4 Å². The van der Waals surface area contributed by atoms with Crippen LogP contribution in [-0.4, -0.2) is 24.5 Å². The summed E-state index contributed by atoms with van der Waals surface area (Å²) in [6.45, 7) is 0. The molecule has 0 aliphatic carbocycles. The second-order valence-electron chi connectivity index (χ2n) is 6.65. The van der Waals surface area contributed by atoms with Gasteiger partial charge in [0.05, 0.1) is 6.20 Å². The Kier molecular flexibility index (Phi) is 3.07. The van der Waals surface area contributed by atoms with Crippen molar-refractivity contribution in [1.82, 2.24) is 24.5 Å². The molecule has 0 aliphatic heterocycles. The van der Waals surface area contributed by atoms with Crippen LogP contribution in [0, 0.1) is 0 Å². The van der Waals surface area contributed by atoms with Crippen LogP contribution in [0.3, 0.4) is 0 Å². The van der Waals surface area contributed by atoms with Gasteiger partial charge in [0, 0.05) is 23.2 Å². The maximum atomic E-state index is 5.08. The summed E-state index contributed by atoms with van der Waals surface area (Å²) >= 11 is 0. The fraction of sp³-hybridized carbons (Fsp3) is 0. The van der Waals surface area contributed by atoms with E-state index in [0.29, 0.717) is 0 Å². The number of nitrogens with zero attached hydrogens (tertiary/aromatic N) is 5. The highest BCUT2D eigenvalue weighted by molar-refractivity contribution is 6.23. The third-order valence-corrected chi connectivity index (χ3v) is 5.05. The smallest absolute Gasteiger partial charge is 0.285 e. The number of rotatable bonds is 2. The maximum Gasteiger partial charge on any atom is 0.311 e. The van der Waals surface area contributed by atoms with Crippen LogP contribution in [-0.2, 0) is 0 Å². The second-order valence-corrected chi connectivity index (χ2v) is 6.65. The highest BCUT2D eigenvalue weighted by Gasteiger charge is 2.21. The summed E-state index contributed by atoms with van der Waals surface area (Å²) in [6, 6.07) is 16.7. The third kappa shape index (κ3) is 2.08. The molecule has 0 atom stereocenters. The minimum Gasteiger partial charge on any atom is -0.285 e. The summed E-state index contributed by atoms with van der Waals surface area (Å²) in [6.07, 6.45) is 11.0. The highest BCUT2D eigenvalue weighted by Crippen LogP contribution is 2.33. The molecule has 0 amide bonds. The molecule has 0 fully saturated rings. The van der Waals surface area contributed by atoms with Crippen LogP contribution in [0.25, 0.3) is 44.2 Å². The Labute approximate surface area is 159 Å². The topological polar surface area (TPSA) is 63.3 Å². The Morgan fingerprint density at radius 1 is 0.821 bits per heavy atom. The number of aromatic nitrogens is 6. The van der Waals surface area contributed by atoms with Crippen LogP contribution >= 0.6 is 0 Å². The molecule has 0 unspecified atom stereocenters. The molecule has 6 rings (SSSR count). The monoisotopic (exact) mass is 363 g/mol. The average Bonchev–Trinajstić information content (AvgIpc) is 3.47. The van der Waals surface area contributed by atoms with Crippen molar-refractivity contribution >= 4 is 32.6 Å². The molecule has 6 aromatic rings. The van der Waals surface area contributed by atoms with E-state index in [1.807, 2.05) is 46.2 Å². The lowest BCUT2D eigenvalue weighted by Crippen LogP contribution is -2.31. The van der Waals surface area contributed by atoms with Gasteiger partial charge in [-0.15, -0.1) is 0 Å². The molecular formula is C22H15N6+. The molecule has 0 saturated heterocycles. The predicted octanol–water partition coefficient (Wildman–Crippen LogP) is 3.73. The summed E-state index contributed by atoms with van der Waals surface area (Å²) in [4.78, 5) is 17.4. The van der Waals surface area contributed by atoms with Crippen molar-refractivity contribution in [3.8, 4) is 11.6 Å². The van der Waals surface area contributed by atoms with Gasteiger partial charge in [-0.3, -0.25) is 9.55 Å². The van der Waals surface area contributed by atoms with Crippen LogP contribution in [0.2, 0.25) is 0 Å². The summed E-state index contributed by atoms with van der Waals surface area (Å²) in [7, 11) is 0. The molecule has 0 aliphatic rings. The Morgan fingerprint density at radius 2 is 1.50 bits per heavy atom. The molecule has 3 aromatic carbocycles. The molecule has 3 heterocycles. The van der Waals surface area contributed by atoms with E-state index < -0.39 is 0 Å². The van der Waals surface area contributed by atoms with Crippen molar-refractivity contribution in [3.05, 3.63) is 86.0 Å². The number of aromatic amines is 1. The first-order chi connectivity index (χ1) is 13.9. The zero-order valence-electron chi connectivity index (χ0n) is 14.8. The number of hydrogen-bond donors (Lipinski definition) is 1. The number of hydrogen-bond acceptors (Lipinski definition) is 3. The van der Waals surface area contributed by atoms with Gasteiger partial charge in [-0.2, -0.15) is 0 Å². The maximum absolute atomic E-state index is 5.08. The van der Waals surface area contributed by atoms with Crippen LogP contribution in [0.15, 0.2) is 86.0 Å². The van der Waals surface area contributed by atoms with Gasteiger partial charge in [0.15, 0.2) is 11.8 Å². The van der Waals surface area contributed by atoms with Crippen molar-refractivity contribution < 1.29 is 4.57 Å². The zero-order chi connectivity index (χ0) is 18.5. The fourth-order valence-electron chi connectivity index (χ4n) is 3.79. The molecule has 0 bridgehead atoms. The minimum absolute atomic E-state index is 0.732. The highest BCUT2D eigenvalue weighted by atomic mass is 15.2. The van der Waals surface area contributed by atoms with Crippen LogP contribution in [0.5, 0.6) is 0 Å². The SMILES string of the molecule is c1ccc2c(c1)c1ccccc1c1nc(-[n+]3cc[nH]c3)c(-n3ccnc3)nc21. The lowest BCUT2D eigenvalue weighted by molar-refractivity contribution is -0.597. The van der Waals surface area contributed by atoms with E-state index in [9.17, 15) is 0 Å². The molecule has 6 heteroatoms. The Morgan fingerprint density at radius 3 is 2.11 bits per heavy atom. The van der Waals surface area contributed by atoms with E-state index in [2.05, 4.69) is 46.4 Å². The average molecular weight is 363 g/mol. The molecule has 0 spiro atoms. The zero-order valence-corrected chi connectivity index (χ0v) is 14.8. The van der Waals surface area contributed by atoms with Gasteiger partial charge in [0.1, 0.15) is 18.0 Å². The lowest BCUT2D eigenvalue weighted by Gasteiger charge is -2.10. The van der Waals surface area contributed by atoms with E-state index in [4.69, 9.17) is 9.97 Å². The van der Waals surface area contributed by atoms with Gasteiger partial charge in [0.2, 0.25) is 5.82 Å². The van der Waals surface area contributed by atoms with Crippen LogP contribution in [0.1, 0.15) is 0 Å². The standard InChI is InChI=1S/C22H14N6/c1-3-7-17-15(5-1)16-6-2-4-8-18(16)20-19(17)25-21(27-11-9-23-13-27)22(26-20)28-12-10-24-14-28/h1-14H/p+1. The molecule has 132 valence electrons. The number of benzene rings is 3. The van der Waals surface area contributed by atoms with Crippen molar-refractivity contribution in [2.45, 2.75) is 0 Å². The number of H-pyrrole nitrogens is 1. The predicted molar refractivity (Wildman–Crippen MR) is 108 cm³/mol. The largest absolute Gasteiger partial charge is 0.311 e. The number of nitrogens with one attached hydrogen (secondary N) is 1. The van der Waals surface area contributed by atoms with E-state index in [1.54, 1.807) is 12.5 Å². The fourth-order valence-corrected chi connectivity index (χ4v) is 3.79. The summed E-state index contributed by atoms with van der Waals surface area (Å²) in [5.41, 5.74) is 1.78. The van der Waals surface area contributed by atoms with Crippen molar-refractivity contribution in [3.63, 3.8) is 0 Å². The lowest BCUT2D eigenvalue weighted by atomic mass is 9.99. The molecule has 3 aromatic heterocycles. The number of imidazole rings is 2. The van der Waals surface area contributed by atoms with Gasteiger partial charge in [-0.1, -0.05) is 53.5 Å². The first-order valence-electron chi connectivity index (χ1n) is 9.04.